The summed E-state index contributed by atoms with van der Waals surface area (Å²) in [7, 11) is 0. The quantitative estimate of drug-likeness (QED) is 0.788. The van der Waals surface area contributed by atoms with Gasteiger partial charge in [-0.3, -0.25) is 4.98 Å². The molecule has 16 heavy (non-hydrogen) atoms. The van der Waals surface area contributed by atoms with Gasteiger partial charge in [0.05, 0.1) is 17.4 Å². The van der Waals surface area contributed by atoms with Gasteiger partial charge in [0.1, 0.15) is 10.8 Å². The van der Waals surface area contributed by atoms with Crippen LogP contribution >= 0.6 is 12.2 Å². The van der Waals surface area contributed by atoms with E-state index in [9.17, 15) is 0 Å². The highest BCUT2D eigenvalue weighted by Gasteiger charge is 2.05. The van der Waals surface area contributed by atoms with Gasteiger partial charge in [-0.05, 0) is 24.3 Å². The number of hydrogen-bond acceptors (Lipinski definition) is 4. The molecule has 80 valence electrons. The molecule has 0 unspecified atom stereocenters. The molecule has 0 amide bonds. The number of rotatable bonds is 3. The van der Waals surface area contributed by atoms with E-state index in [2.05, 4.69) is 15.3 Å². The third kappa shape index (κ3) is 2.32. The summed E-state index contributed by atoms with van der Waals surface area (Å²) in [6.07, 6.45) is 5.09. The molecular weight excluding hydrogens is 220 g/mol. The largest absolute Gasteiger partial charge is 0.389 e. The van der Waals surface area contributed by atoms with Crippen LogP contribution in [0.5, 0.6) is 0 Å². The van der Waals surface area contributed by atoms with Crippen molar-refractivity contribution in [1.29, 1.82) is 0 Å². The summed E-state index contributed by atoms with van der Waals surface area (Å²) in [6.45, 7) is 0. The normalized spacial score (nSPS) is 9.75. The van der Waals surface area contributed by atoms with Gasteiger partial charge in [-0.25, -0.2) is 4.98 Å². The molecule has 0 radical (unpaired) electrons. The number of aromatic nitrogens is 2. The van der Waals surface area contributed by atoms with Gasteiger partial charge < -0.3 is 11.1 Å². The predicted octanol–water partition coefficient (Wildman–Crippen LogP) is 1.85. The zero-order chi connectivity index (χ0) is 11.4. The lowest BCUT2D eigenvalue weighted by atomic mass is 10.2. The van der Waals surface area contributed by atoms with Crippen LogP contribution in [-0.4, -0.2) is 15.0 Å². The Morgan fingerprint density at radius 3 is 2.75 bits per heavy atom. The number of nitrogens with one attached hydrogen (secondary N) is 1. The molecule has 0 aliphatic rings. The van der Waals surface area contributed by atoms with Crippen LogP contribution in [0.3, 0.4) is 0 Å². The molecule has 0 bridgehead atoms. The van der Waals surface area contributed by atoms with E-state index in [4.69, 9.17) is 18.0 Å². The Labute approximate surface area is 98.5 Å². The molecule has 0 aliphatic carbocycles. The highest BCUT2D eigenvalue weighted by atomic mass is 32.1. The summed E-state index contributed by atoms with van der Waals surface area (Å²) in [5.74, 6) is 0.642. The average Bonchev–Trinajstić information content (AvgIpc) is 2.31. The topological polar surface area (TPSA) is 63.8 Å². The minimum absolute atomic E-state index is 0.319. The van der Waals surface area contributed by atoms with Crippen molar-refractivity contribution in [3.05, 3.63) is 48.4 Å². The molecule has 0 saturated heterocycles. The number of nitrogens with two attached hydrogens (primary N) is 1. The maximum atomic E-state index is 5.60. The van der Waals surface area contributed by atoms with Gasteiger partial charge in [-0.2, -0.15) is 0 Å². The summed E-state index contributed by atoms with van der Waals surface area (Å²) in [4.78, 5) is 8.51. The fraction of sp³-hybridized carbons (Fsp3) is 0. The van der Waals surface area contributed by atoms with Crippen molar-refractivity contribution in [3.63, 3.8) is 0 Å². The highest BCUT2D eigenvalue weighted by Crippen LogP contribution is 2.16. The van der Waals surface area contributed by atoms with Crippen molar-refractivity contribution in [3.8, 4) is 0 Å². The average molecular weight is 230 g/mol. The summed E-state index contributed by atoms with van der Waals surface area (Å²) in [6, 6.07) is 7.35. The second-order valence-corrected chi connectivity index (χ2v) is 3.57. The van der Waals surface area contributed by atoms with E-state index >= 15 is 0 Å². The van der Waals surface area contributed by atoms with Crippen molar-refractivity contribution >= 4 is 28.7 Å². The fourth-order valence-electron chi connectivity index (χ4n) is 1.28. The molecular formula is C11H10N4S. The summed E-state index contributed by atoms with van der Waals surface area (Å²) < 4.78 is 0. The number of thiocarbonyl (C=S) groups is 1. The van der Waals surface area contributed by atoms with E-state index in [-0.39, 0.29) is 0 Å². The van der Waals surface area contributed by atoms with Gasteiger partial charge in [0, 0.05) is 12.4 Å². The molecule has 5 heteroatoms. The van der Waals surface area contributed by atoms with Gasteiger partial charge in [-0.15, -0.1) is 0 Å². The minimum Gasteiger partial charge on any atom is -0.389 e. The van der Waals surface area contributed by atoms with Crippen LogP contribution in [0, 0.1) is 0 Å². The van der Waals surface area contributed by atoms with Crippen LogP contribution in [-0.2, 0) is 0 Å². The van der Waals surface area contributed by atoms with Crippen molar-refractivity contribution in [1.82, 2.24) is 9.97 Å². The van der Waals surface area contributed by atoms with Gasteiger partial charge in [-0.1, -0.05) is 12.2 Å². The van der Waals surface area contributed by atoms with Gasteiger partial charge in [0.15, 0.2) is 0 Å². The fourth-order valence-corrected chi connectivity index (χ4v) is 1.44. The van der Waals surface area contributed by atoms with E-state index in [1.165, 1.54) is 0 Å². The molecule has 0 fully saturated rings. The van der Waals surface area contributed by atoms with E-state index in [0.717, 1.165) is 11.3 Å². The van der Waals surface area contributed by atoms with E-state index in [0.29, 0.717) is 10.8 Å². The molecule has 4 nitrogen and oxygen atoms in total. The molecule has 2 rings (SSSR count). The van der Waals surface area contributed by atoms with Crippen molar-refractivity contribution in [2.45, 2.75) is 0 Å². The Kier molecular flexibility index (Phi) is 3.07. The number of anilines is 2. The van der Waals surface area contributed by atoms with Crippen LogP contribution in [0.2, 0.25) is 0 Å². The molecule has 0 saturated carbocycles. The molecule has 0 aromatic carbocycles. The van der Waals surface area contributed by atoms with E-state index < -0.39 is 0 Å². The van der Waals surface area contributed by atoms with Crippen LogP contribution in [0.4, 0.5) is 11.5 Å². The number of pyridine rings is 2. The lowest BCUT2D eigenvalue weighted by molar-refractivity contribution is 1.27. The maximum absolute atomic E-state index is 5.60. The first kappa shape index (κ1) is 10.5. The van der Waals surface area contributed by atoms with Gasteiger partial charge >= 0.3 is 0 Å². The summed E-state index contributed by atoms with van der Waals surface area (Å²) in [5, 5.41) is 3.11. The smallest absolute Gasteiger partial charge is 0.140 e. The van der Waals surface area contributed by atoms with Gasteiger partial charge in [0.2, 0.25) is 0 Å². The SMILES string of the molecule is NC(=S)c1cccnc1Nc1cccnc1. The van der Waals surface area contributed by atoms with E-state index in [1.54, 1.807) is 24.7 Å². The summed E-state index contributed by atoms with van der Waals surface area (Å²) >= 11 is 4.95. The Balaban J connectivity index is 2.31. The maximum Gasteiger partial charge on any atom is 0.140 e. The van der Waals surface area contributed by atoms with Crippen LogP contribution in [0.15, 0.2) is 42.9 Å². The zero-order valence-corrected chi connectivity index (χ0v) is 9.24. The first-order valence-electron chi connectivity index (χ1n) is 4.69. The number of hydrogen-bond donors (Lipinski definition) is 2. The standard InChI is InChI=1S/C11H10N4S/c12-10(16)9-4-2-6-14-11(9)15-8-3-1-5-13-7-8/h1-7H,(H2,12,16)(H,14,15). The lowest BCUT2D eigenvalue weighted by Gasteiger charge is -2.08. The first-order chi connectivity index (χ1) is 7.77. The Morgan fingerprint density at radius 2 is 2.06 bits per heavy atom. The second-order valence-electron chi connectivity index (χ2n) is 3.13. The second kappa shape index (κ2) is 4.67. The highest BCUT2D eigenvalue weighted by molar-refractivity contribution is 7.80. The molecule has 3 N–H and O–H groups in total. The Bertz CT molecular complexity index is 498. The summed E-state index contributed by atoms with van der Waals surface area (Å²) in [5.41, 5.74) is 7.17. The monoisotopic (exact) mass is 230 g/mol. The predicted molar refractivity (Wildman–Crippen MR) is 67.6 cm³/mol. The Morgan fingerprint density at radius 1 is 1.25 bits per heavy atom. The molecule has 0 atom stereocenters. The van der Waals surface area contributed by atoms with Crippen molar-refractivity contribution in [2.24, 2.45) is 5.73 Å². The molecule has 0 spiro atoms. The van der Waals surface area contributed by atoms with E-state index in [1.807, 2.05) is 18.2 Å². The van der Waals surface area contributed by atoms with Crippen molar-refractivity contribution < 1.29 is 0 Å². The third-order valence-corrected chi connectivity index (χ3v) is 2.22. The van der Waals surface area contributed by atoms with Crippen LogP contribution in [0.25, 0.3) is 0 Å². The van der Waals surface area contributed by atoms with Crippen LogP contribution in [0.1, 0.15) is 5.56 Å². The molecule has 2 heterocycles. The third-order valence-electron chi connectivity index (χ3n) is 2.00. The minimum atomic E-state index is 0.319. The first-order valence-corrected chi connectivity index (χ1v) is 5.10. The lowest BCUT2D eigenvalue weighted by Crippen LogP contribution is -2.12. The Hall–Kier alpha value is -2.01. The van der Waals surface area contributed by atoms with Gasteiger partial charge in [0.25, 0.3) is 0 Å². The molecule has 2 aromatic rings. The molecule has 0 aliphatic heterocycles. The zero-order valence-electron chi connectivity index (χ0n) is 8.42. The number of nitrogens with zero attached hydrogens (tertiary/aromatic N) is 2. The molecule has 2 aromatic heterocycles. The van der Waals surface area contributed by atoms with Crippen LogP contribution < -0.4 is 11.1 Å². The van der Waals surface area contributed by atoms with Crippen molar-refractivity contribution in [2.75, 3.05) is 5.32 Å².